The third-order valence-electron chi connectivity index (χ3n) is 4.20. The number of nitrogens with zero attached hydrogens (tertiary/aromatic N) is 2. The maximum atomic E-state index is 12.4. The molecule has 1 aliphatic rings. The minimum absolute atomic E-state index is 0.0547. The summed E-state index contributed by atoms with van der Waals surface area (Å²) in [6.45, 7) is 4.41. The van der Waals surface area contributed by atoms with Crippen LogP contribution in [0.15, 0.2) is 36.7 Å². The number of rotatable bonds is 6. The van der Waals surface area contributed by atoms with Crippen molar-refractivity contribution in [1.29, 1.82) is 0 Å². The quantitative estimate of drug-likeness (QED) is 0.768. The number of aromatic nitrogens is 2. The highest BCUT2D eigenvalue weighted by molar-refractivity contribution is 5.77. The summed E-state index contributed by atoms with van der Waals surface area (Å²) in [5.74, 6) is 0.819. The zero-order valence-corrected chi connectivity index (χ0v) is 13.7. The van der Waals surface area contributed by atoms with E-state index in [0.717, 1.165) is 23.3 Å². The number of esters is 1. The van der Waals surface area contributed by atoms with Crippen molar-refractivity contribution >= 4 is 5.97 Å². The lowest BCUT2D eigenvalue weighted by Crippen LogP contribution is -2.12. The van der Waals surface area contributed by atoms with Crippen LogP contribution in [0, 0.1) is 5.92 Å². The second-order valence-corrected chi connectivity index (χ2v) is 5.95. The summed E-state index contributed by atoms with van der Waals surface area (Å²) in [6, 6.07) is 7.69. The molecule has 1 aromatic carbocycles. The fraction of sp³-hybridized carbons (Fsp3) is 0.444. The van der Waals surface area contributed by atoms with E-state index in [9.17, 15) is 4.79 Å². The van der Waals surface area contributed by atoms with Gasteiger partial charge in [-0.25, -0.2) is 0 Å². The molecule has 0 saturated heterocycles. The normalized spacial score (nSPS) is 20.8. The summed E-state index contributed by atoms with van der Waals surface area (Å²) >= 11 is 0. The van der Waals surface area contributed by atoms with Gasteiger partial charge in [-0.15, -0.1) is 0 Å². The Balaban J connectivity index is 1.62. The first-order valence-corrected chi connectivity index (χ1v) is 8.01. The molecule has 1 saturated carbocycles. The molecule has 2 aromatic rings. The van der Waals surface area contributed by atoms with Gasteiger partial charge < -0.3 is 9.47 Å². The summed E-state index contributed by atoms with van der Waals surface area (Å²) in [5, 5.41) is 4.16. The van der Waals surface area contributed by atoms with Gasteiger partial charge in [0.25, 0.3) is 0 Å². The van der Waals surface area contributed by atoms with Gasteiger partial charge in [0, 0.05) is 24.7 Å². The van der Waals surface area contributed by atoms with Gasteiger partial charge in [0.15, 0.2) is 0 Å². The van der Waals surface area contributed by atoms with Gasteiger partial charge in [0.2, 0.25) is 0 Å². The van der Waals surface area contributed by atoms with Crippen LogP contribution >= 0.6 is 0 Å². The van der Waals surface area contributed by atoms with E-state index in [1.807, 2.05) is 57.6 Å². The van der Waals surface area contributed by atoms with Gasteiger partial charge in [-0.3, -0.25) is 9.48 Å². The van der Waals surface area contributed by atoms with Crippen LogP contribution in [0.1, 0.15) is 43.4 Å². The standard InChI is InChI=1S/C18H22N2O3/c1-4-22-17-8-6-5-7-14(17)12(2)23-18(21)16-9-15(16)13-10-19-20(3)11-13/h5-8,10-12,15-16H,4,9H2,1-3H3/t12-,15-,16-/m0/s1. The predicted octanol–water partition coefficient (Wildman–Crippen LogP) is 3.23. The van der Waals surface area contributed by atoms with Crippen molar-refractivity contribution in [1.82, 2.24) is 9.78 Å². The summed E-state index contributed by atoms with van der Waals surface area (Å²) in [6.07, 6.45) is 4.31. The molecule has 1 fully saturated rings. The Morgan fingerprint density at radius 3 is 2.91 bits per heavy atom. The van der Waals surface area contributed by atoms with E-state index in [-0.39, 0.29) is 23.9 Å². The number of para-hydroxylation sites is 1. The highest BCUT2D eigenvalue weighted by atomic mass is 16.5. The largest absolute Gasteiger partial charge is 0.493 e. The van der Waals surface area contributed by atoms with E-state index in [2.05, 4.69) is 5.10 Å². The molecule has 122 valence electrons. The Labute approximate surface area is 136 Å². The molecule has 0 aliphatic heterocycles. The fourth-order valence-corrected chi connectivity index (χ4v) is 2.88. The van der Waals surface area contributed by atoms with E-state index in [1.165, 1.54) is 0 Å². The lowest BCUT2D eigenvalue weighted by atomic mass is 10.1. The first kappa shape index (κ1) is 15.6. The highest BCUT2D eigenvalue weighted by Gasteiger charge is 2.46. The summed E-state index contributed by atoms with van der Waals surface area (Å²) in [4.78, 5) is 12.4. The minimum atomic E-state index is -0.319. The molecule has 23 heavy (non-hydrogen) atoms. The third-order valence-corrected chi connectivity index (χ3v) is 4.20. The van der Waals surface area contributed by atoms with Gasteiger partial charge in [-0.05, 0) is 31.9 Å². The van der Waals surface area contributed by atoms with Crippen molar-refractivity contribution in [3.05, 3.63) is 47.8 Å². The van der Waals surface area contributed by atoms with Crippen LogP contribution in [-0.2, 0) is 16.6 Å². The van der Waals surface area contributed by atoms with Crippen molar-refractivity contribution in [3.63, 3.8) is 0 Å². The smallest absolute Gasteiger partial charge is 0.310 e. The number of hydrogen-bond donors (Lipinski definition) is 0. The molecular weight excluding hydrogens is 292 g/mol. The number of benzene rings is 1. The van der Waals surface area contributed by atoms with Crippen LogP contribution < -0.4 is 4.74 Å². The predicted molar refractivity (Wildman–Crippen MR) is 86.2 cm³/mol. The zero-order valence-electron chi connectivity index (χ0n) is 13.7. The van der Waals surface area contributed by atoms with Crippen molar-refractivity contribution in [2.24, 2.45) is 13.0 Å². The monoisotopic (exact) mass is 314 g/mol. The van der Waals surface area contributed by atoms with Gasteiger partial charge in [-0.2, -0.15) is 5.10 Å². The Morgan fingerprint density at radius 2 is 2.22 bits per heavy atom. The molecule has 0 N–H and O–H groups in total. The maximum absolute atomic E-state index is 12.4. The lowest BCUT2D eigenvalue weighted by Gasteiger charge is -2.17. The average molecular weight is 314 g/mol. The molecule has 0 radical (unpaired) electrons. The SMILES string of the molecule is CCOc1ccccc1[C@H](C)OC(=O)[C@H]1C[C@H]1c1cnn(C)c1. The first-order chi connectivity index (χ1) is 11.1. The van der Waals surface area contributed by atoms with E-state index < -0.39 is 0 Å². The number of carbonyl (C=O) groups excluding carboxylic acids is 1. The maximum Gasteiger partial charge on any atom is 0.310 e. The number of aryl methyl sites for hydroxylation is 1. The van der Waals surface area contributed by atoms with Gasteiger partial charge in [-0.1, -0.05) is 18.2 Å². The van der Waals surface area contributed by atoms with E-state index in [1.54, 1.807) is 4.68 Å². The Hall–Kier alpha value is -2.30. The van der Waals surface area contributed by atoms with Crippen molar-refractivity contribution in [2.45, 2.75) is 32.3 Å². The van der Waals surface area contributed by atoms with Gasteiger partial charge in [0.1, 0.15) is 11.9 Å². The lowest BCUT2D eigenvalue weighted by molar-refractivity contribution is -0.150. The highest BCUT2D eigenvalue weighted by Crippen LogP contribution is 2.48. The number of ether oxygens (including phenoxy) is 2. The summed E-state index contributed by atoms with van der Waals surface area (Å²) < 4.78 is 13.0. The molecule has 5 nitrogen and oxygen atoms in total. The molecule has 0 amide bonds. The van der Waals surface area contributed by atoms with Crippen LogP contribution in [0.4, 0.5) is 0 Å². The van der Waals surface area contributed by atoms with Crippen LogP contribution in [-0.4, -0.2) is 22.4 Å². The Bertz CT molecular complexity index is 695. The molecule has 0 unspecified atom stereocenters. The van der Waals surface area contributed by atoms with Crippen molar-refractivity contribution < 1.29 is 14.3 Å². The fourth-order valence-electron chi connectivity index (χ4n) is 2.88. The van der Waals surface area contributed by atoms with Crippen LogP contribution in [0.25, 0.3) is 0 Å². The van der Waals surface area contributed by atoms with E-state index in [0.29, 0.717) is 6.61 Å². The molecule has 5 heteroatoms. The van der Waals surface area contributed by atoms with Crippen LogP contribution in [0.5, 0.6) is 5.75 Å². The van der Waals surface area contributed by atoms with E-state index in [4.69, 9.17) is 9.47 Å². The van der Waals surface area contributed by atoms with Crippen molar-refractivity contribution in [3.8, 4) is 5.75 Å². The van der Waals surface area contributed by atoms with Crippen LogP contribution in [0.2, 0.25) is 0 Å². The second kappa shape index (κ2) is 6.44. The van der Waals surface area contributed by atoms with Crippen LogP contribution in [0.3, 0.4) is 0 Å². The molecule has 1 aromatic heterocycles. The average Bonchev–Trinajstić information content (AvgIpc) is 3.23. The minimum Gasteiger partial charge on any atom is -0.493 e. The topological polar surface area (TPSA) is 53.4 Å². The molecule has 1 aliphatic carbocycles. The summed E-state index contributed by atoms with van der Waals surface area (Å²) in [7, 11) is 1.88. The number of carbonyl (C=O) groups is 1. The second-order valence-electron chi connectivity index (χ2n) is 5.95. The molecule has 1 heterocycles. The third kappa shape index (κ3) is 3.38. The van der Waals surface area contributed by atoms with Gasteiger partial charge >= 0.3 is 5.97 Å². The molecule has 3 atom stereocenters. The first-order valence-electron chi connectivity index (χ1n) is 8.01. The Kier molecular flexibility index (Phi) is 4.37. The van der Waals surface area contributed by atoms with Crippen molar-refractivity contribution in [2.75, 3.05) is 6.61 Å². The van der Waals surface area contributed by atoms with E-state index >= 15 is 0 Å². The summed E-state index contributed by atoms with van der Waals surface area (Å²) in [5.41, 5.74) is 2.01. The molecular formula is C18H22N2O3. The molecule has 0 bridgehead atoms. The van der Waals surface area contributed by atoms with Gasteiger partial charge in [0.05, 0.1) is 18.7 Å². The molecule has 3 rings (SSSR count). The molecule has 0 spiro atoms. The zero-order chi connectivity index (χ0) is 16.4. The Morgan fingerprint density at radius 1 is 1.43 bits per heavy atom. The number of hydrogen-bond acceptors (Lipinski definition) is 4.